The molecule has 4 heteroatoms. The molecular weight excluding hydrogens is 314 g/mol. The molecule has 1 amide bonds. The number of benzene rings is 2. The van der Waals surface area contributed by atoms with Gasteiger partial charge in [0.25, 0.3) is 5.91 Å². The van der Waals surface area contributed by atoms with Crippen LogP contribution >= 0.6 is 0 Å². The van der Waals surface area contributed by atoms with Crippen LogP contribution in [0.3, 0.4) is 0 Å². The topological polar surface area (TPSA) is 47.6 Å². The molecule has 2 aromatic rings. The van der Waals surface area contributed by atoms with E-state index in [2.05, 4.69) is 25.7 Å². The number of carbonyl (C=O) groups excluding carboxylic acids is 1. The number of carbonyl (C=O) groups is 1. The van der Waals surface area contributed by atoms with E-state index in [9.17, 15) is 4.79 Å². The van der Waals surface area contributed by atoms with Crippen molar-refractivity contribution in [3.05, 3.63) is 66.7 Å². The van der Waals surface area contributed by atoms with Gasteiger partial charge in [-0.05, 0) is 48.2 Å². The second kappa shape index (κ2) is 9.52. The minimum Gasteiger partial charge on any atom is -0.490 e. The van der Waals surface area contributed by atoms with E-state index in [-0.39, 0.29) is 12.5 Å². The van der Waals surface area contributed by atoms with Crippen LogP contribution in [0.5, 0.6) is 11.5 Å². The van der Waals surface area contributed by atoms with Gasteiger partial charge in [-0.3, -0.25) is 4.79 Å². The summed E-state index contributed by atoms with van der Waals surface area (Å²) in [7, 11) is 0. The van der Waals surface area contributed by atoms with E-state index in [0.29, 0.717) is 18.2 Å². The lowest BCUT2D eigenvalue weighted by molar-refractivity contribution is -0.118. The van der Waals surface area contributed by atoms with Crippen molar-refractivity contribution >= 4 is 11.6 Å². The van der Waals surface area contributed by atoms with Gasteiger partial charge in [0.15, 0.2) is 6.61 Å². The first-order valence-electron chi connectivity index (χ1n) is 8.49. The Kier molecular flexibility index (Phi) is 7.08. The van der Waals surface area contributed by atoms with Gasteiger partial charge < -0.3 is 14.8 Å². The predicted molar refractivity (Wildman–Crippen MR) is 101 cm³/mol. The zero-order valence-electron chi connectivity index (χ0n) is 14.8. The van der Waals surface area contributed by atoms with Crippen molar-refractivity contribution in [2.24, 2.45) is 0 Å². The number of rotatable bonds is 9. The Bertz CT molecular complexity index is 695. The van der Waals surface area contributed by atoms with E-state index in [1.807, 2.05) is 24.3 Å². The summed E-state index contributed by atoms with van der Waals surface area (Å²) in [5.74, 6) is 1.69. The standard InChI is InChI=1S/C21H25NO3/c1-4-14-24-18-12-10-17(11-13-18)22-21(23)15-25-20-9-7-6-8-19(20)16(3)5-2/h4,6-13,16H,1,5,14-15H2,2-3H3,(H,22,23)/t16-/m1/s1. The van der Waals surface area contributed by atoms with Crippen LogP contribution in [0.2, 0.25) is 0 Å². The number of nitrogens with one attached hydrogen (secondary N) is 1. The molecule has 4 nitrogen and oxygen atoms in total. The highest BCUT2D eigenvalue weighted by atomic mass is 16.5. The number of hydrogen-bond acceptors (Lipinski definition) is 3. The van der Waals surface area contributed by atoms with Crippen molar-refractivity contribution in [1.82, 2.24) is 0 Å². The normalized spacial score (nSPS) is 11.4. The van der Waals surface area contributed by atoms with Crippen LogP contribution in [-0.2, 0) is 4.79 Å². The SMILES string of the molecule is C=CCOc1ccc(NC(=O)COc2ccccc2[C@H](C)CC)cc1. The van der Waals surface area contributed by atoms with Gasteiger partial charge in [-0.25, -0.2) is 0 Å². The van der Waals surface area contributed by atoms with E-state index in [1.54, 1.807) is 30.3 Å². The molecule has 0 aliphatic rings. The van der Waals surface area contributed by atoms with Gasteiger partial charge in [0.1, 0.15) is 18.1 Å². The molecule has 2 rings (SSSR count). The summed E-state index contributed by atoms with van der Waals surface area (Å²) >= 11 is 0. The number of hydrogen-bond donors (Lipinski definition) is 1. The molecule has 0 saturated carbocycles. The Hall–Kier alpha value is -2.75. The lowest BCUT2D eigenvalue weighted by Crippen LogP contribution is -2.20. The molecule has 0 bridgehead atoms. The average molecular weight is 339 g/mol. The van der Waals surface area contributed by atoms with Crippen molar-refractivity contribution in [2.45, 2.75) is 26.2 Å². The number of ether oxygens (including phenoxy) is 2. The summed E-state index contributed by atoms with van der Waals surface area (Å²) in [4.78, 5) is 12.1. The predicted octanol–water partition coefficient (Wildman–Crippen LogP) is 4.78. The van der Waals surface area contributed by atoms with Gasteiger partial charge >= 0.3 is 0 Å². The molecule has 0 radical (unpaired) electrons. The van der Waals surface area contributed by atoms with Crippen molar-refractivity contribution in [2.75, 3.05) is 18.5 Å². The van der Waals surface area contributed by atoms with Crippen LogP contribution in [0.15, 0.2) is 61.2 Å². The van der Waals surface area contributed by atoms with Crippen molar-refractivity contribution < 1.29 is 14.3 Å². The van der Waals surface area contributed by atoms with Gasteiger partial charge in [0, 0.05) is 5.69 Å². The average Bonchev–Trinajstić information content (AvgIpc) is 2.65. The Morgan fingerprint density at radius 3 is 2.56 bits per heavy atom. The summed E-state index contributed by atoms with van der Waals surface area (Å²) in [6, 6.07) is 15.1. The third kappa shape index (κ3) is 5.68. The monoisotopic (exact) mass is 339 g/mol. The van der Waals surface area contributed by atoms with Gasteiger partial charge in [-0.1, -0.05) is 44.7 Å². The Morgan fingerprint density at radius 1 is 1.16 bits per heavy atom. The fraction of sp³-hybridized carbons (Fsp3) is 0.286. The minimum atomic E-state index is -0.196. The van der Waals surface area contributed by atoms with Gasteiger partial charge in [-0.15, -0.1) is 0 Å². The highest BCUT2D eigenvalue weighted by molar-refractivity contribution is 5.91. The van der Waals surface area contributed by atoms with Crippen LogP contribution in [0, 0.1) is 0 Å². The third-order valence-electron chi connectivity index (χ3n) is 3.93. The fourth-order valence-corrected chi connectivity index (χ4v) is 2.37. The fourth-order valence-electron chi connectivity index (χ4n) is 2.37. The van der Waals surface area contributed by atoms with Gasteiger partial charge in [0.05, 0.1) is 0 Å². The lowest BCUT2D eigenvalue weighted by atomic mass is 9.98. The van der Waals surface area contributed by atoms with E-state index in [1.165, 1.54) is 0 Å². The van der Waals surface area contributed by atoms with E-state index >= 15 is 0 Å². The summed E-state index contributed by atoms with van der Waals surface area (Å²) in [6.07, 6.45) is 2.71. The Balaban J connectivity index is 1.90. The van der Waals surface area contributed by atoms with Gasteiger partial charge in [0.2, 0.25) is 0 Å². The molecule has 1 N–H and O–H groups in total. The highest BCUT2D eigenvalue weighted by Crippen LogP contribution is 2.28. The summed E-state index contributed by atoms with van der Waals surface area (Å²) in [6.45, 7) is 8.32. The molecule has 0 spiro atoms. The smallest absolute Gasteiger partial charge is 0.262 e. The van der Waals surface area contributed by atoms with Crippen molar-refractivity contribution in [3.63, 3.8) is 0 Å². The van der Waals surface area contributed by atoms with Crippen LogP contribution in [-0.4, -0.2) is 19.1 Å². The third-order valence-corrected chi connectivity index (χ3v) is 3.93. The highest BCUT2D eigenvalue weighted by Gasteiger charge is 2.11. The number of anilines is 1. The quantitative estimate of drug-likeness (QED) is 0.669. The van der Waals surface area contributed by atoms with Crippen LogP contribution < -0.4 is 14.8 Å². The van der Waals surface area contributed by atoms with Gasteiger partial charge in [-0.2, -0.15) is 0 Å². The molecule has 132 valence electrons. The molecule has 0 aliphatic carbocycles. The molecule has 2 aromatic carbocycles. The molecule has 1 atom stereocenters. The number of amides is 1. The maximum Gasteiger partial charge on any atom is 0.262 e. The van der Waals surface area contributed by atoms with E-state index < -0.39 is 0 Å². The minimum absolute atomic E-state index is 0.0256. The second-order valence-electron chi connectivity index (χ2n) is 5.81. The second-order valence-corrected chi connectivity index (χ2v) is 5.81. The van der Waals surface area contributed by atoms with Crippen LogP contribution in [0.4, 0.5) is 5.69 Å². The van der Waals surface area contributed by atoms with E-state index in [4.69, 9.17) is 9.47 Å². The summed E-state index contributed by atoms with van der Waals surface area (Å²) < 4.78 is 11.1. The zero-order chi connectivity index (χ0) is 18.1. The first-order chi connectivity index (χ1) is 12.1. The first kappa shape index (κ1) is 18.6. The summed E-state index contributed by atoms with van der Waals surface area (Å²) in [5, 5.41) is 2.82. The maximum absolute atomic E-state index is 12.1. The molecule has 0 heterocycles. The molecular formula is C21H25NO3. The molecule has 25 heavy (non-hydrogen) atoms. The maximum atomic E-state index is 12.1. The summed E-state index contributed by atoms with van der Waals surface area (Å²) in [5.41, 5.74) is 1.83. The Morgan fingerprint density at radius 2 is 1.88 bits per heavy atom. The molecule has 0 aliphatic heterocycles. The van der Waals surface area contributed by atoms with E-state index in [0.717, 1.165) is 23.5 Å². The number of para-hydroxylation sites is 1. The van der Waals surface area contributed by atoms with Crippen molar-refractivity contribution in [3.8, 4) is 11.5 Å². The molecule has 0 aromatic heterocycles. The zero-order valence-corrected chi connectivity index (χ0v) is 14.8. The first-order valence-corrected chi connectivity index (χ1v) is 8.49. The molecule has 0 unspecified atom stereocenters. The van der Waals surface area contributed by atoms with Crippen molar-refractivity contribution in [1.29, 1.82) is 0 Å². The van der Waals surface area contributed by atoms with Crippen LogP contribution in [0.1, 0.15) is 31.7 Å². The lowest BCUT2D eigenvalue weighted by Gasteiger charge is -2.15. The molecule has 0 fully saturated rings. The largest absolute Gasteiger partial charge is 0.490 e. The van der Waals surface area contributed by atoms with Crippen LogP contribution in [0.25, 0.3) is 0 Å². The Labute approximate surface area is 149 Å². The molecule has 0 saturated heterocycles.